The number of aliphatic imine (C=N–C) groups is 2. The summed E-state index contributed by atoms with van der Waals surface area (Å²) in [5.41, 5.74) is 19.8. The molecule has 9 amide bonds. The summed E-state index contributed by atoms with van der Waals surface area (Å²) in [7, 11) is 5.01. The van der Waals surface area contributed by atoms with Crippen LogP contribution in [0.4, 0.5) is 16.0 Å². The van der Waals surface area contributed by atoms with Gasteiger partial charge >= 0.3 is 29.6 Å². The highest BCUT2D eigenvalue weighted by atomic mass is 19.1. The number of benzene rings is 1. The van der Waals surface area contributed by atoms with Gasteiger partial charge in [0.1, 0.15) is 95.6 Å². The number of unbranched alkanes of at least 4 members (excludes halogenated alkanes) is 4. The Balaban J connectivity index is 0.000000495. The number of guanidine groups is 2. The molecular formula is C85H129FN22O28. The van der Waals surface area contributed by atoms with E-state index in [4.69, 9.17) is 46.6 Å². The maximum Gasteiger partial charge on any atom is 0.351 e. The average Bonchev–Trinajstić information content (AvgIpc) is 1.61. The van der Waals surface area contributed by atoms with Crippen molar-refractivity contribution in [3.8, 4) is 5.75 Å². The molecule has 5 heterocycles. The van der Waals surface area contributed by atoms with Gasteiger partial charge in [-0.3, -0.25) is 71.9 Å². The number of ether oxygens (including phenoxy) is 5. The summed E-state index contributed by atoms with van der Waals surface area (Å²) in [6.07, 6.45) is -5.91. The van der Waals surface area contributed by atoms with Gasteiger partial charge in [-0.1, -0.05) is 37.8 Å². The van der Waals surface area contributed by atoms with Crippen LogP contribution in [0, 0.1) is 17.7 Å². The highest BCUT2D eigenvalue weighted by molar-refractivity contribution is 5.99. The SMILES string of the molecule is CC(=O)CCCCCC(NC(=O)CC(NC(=O)CNC(=O)C(CCCN=C(N)N)CC(=O)OC(C)(C)C)C(=O)O)C(=O)Nc1nc(=O)n([C@@H]2O[C@H](CO)C(O)[C@@H]2O)cc1F.COc1ccc(CC(NC(=O)C(CCCCCC(C)=O)NC(=O)CC(NC(=O)CNC(=O)C(CCCN=C(N)N)CC(=O)OC(C)(C)C)C(=O)O)C(=O)NC2[C@@H](CO)O[C@@H](n3cnc4c(N(C)C)ncnc43)[C@H]2O)cc1. The highest BCUT2D eigenvalue weighted by Crippen LogP contribution is 2.34. The number of carbonyl (C=O) groups is 15. The fourth-order valence-corrected chi connectivity index (χ4v) is 14.1. The van der Waals surface area contributed by atoms with Gasteiger partial charge in [-0.25, -0.2) is 33.7 Å². The Morgan fingerprint density at radius 1 is 0.551 bits per heavy atom. The number of aliphatic carboxylic acids is 2. The zero-order chi connectivity index (χ0) is 102. The Kier molecular flexibility index (Phi) is 45.9. The summed E-state index contributed by atoms with van der Waals surface area (Å²) >= 11 is 0. The number of nitrogens with two attached hydrogens (primary N) is 4. The van der Waals surface area contributed by atoms with E-state index >= 15 is 4.39 Å². The Bertz CT molecular complexity index is 4880. The molecule has 6 rings (SSSR count). The van der Waals surface area contributed by atoms with Gasteiger partial charge in [-0.15, -0.1) is 0 Å². The van der Waals surface area contributed by atoms with E-state index in [1.807, 2.05) is 0 Å². The first-order valence-electron chi connectivity index (χ1n) is 43.9. The van der Waals surface area contributed by atoms with Crippen molar-refractivity contribution in [1.29, 1.82) is 0 Å². The number of carbonyl (C=O) groups excluding carboxylic acids is 13. The van der Waals surface area contributed by atoms with Crippen LogP contribution in [0.25, 0.3) is 11.2 Å². The largest absolute Gasteiger partial charge is 0.497 e. The van der Waals surface area contributed by atoms with Crippen molar-refractivity contribution in [3.63, 3.8) is 0 Å². The molecule has 0 saturated carbocycles. The quantitative estimate of drug-likeness (QED) is 0.00875. The number of Topliss-reactive ketones (excluding diaryl/α,β-unsaturated/α-hetero) is 2. The molecule has 0 aliphatic carbocycles. The summed E-state index contributed by atoms with van der Waals surface area (Å²) < 4.78 is 44.4. The molecule has 136 heavy (non-hydrogen) atoms. The number of carboxylic acid groups (broad SMARTS) is 2. The van der Waals surface area contributed by atoms with Crippen LogP contribution in [-0.2, 0) is 97.3 Å². The number of aromatic nitrogens is 6. The number of nitrogens with zero attached hydrogens (tertiary/aromatic N) is 9. The predicted octanol–water partition coefficient (Wildman–Crippen LogP) is -3.70. The minimum absolute atomic E-state index is 0.0275. The Labute approximate surface area is 781 Å². The van der Waals surface area contributed by atoms with Crippen molar-refractivity contribution in [2.45, 2.75) is 268 Å². The van der Waals surface area contributed by atoms with Crippen LogP contribution in [0.3, 0.4) is 0 Å². The van der Waals surface area contributed by atoms with E-state index in [0.717, 1.165) is 0 Å². The van der Waals surface area contributed by atoms with Gasteiger partial charge in [-0.2, -0.15) is 4.98 Å². The second-order valence-electron chi connectivity index (χ2n) is 34.6. The molecule has 3 aromatic heterocycles. The number of methoxy groups -OCH3 is 1. The van der Waals surface area contributed by atoms with Crippen molar-refractivity contribution in [2.75, 3.05) is 70.8 Å². The summed E-state index contributed by atoms with van der Waals surface area (Å²) in [6, 6.07) is -2.58. The Hall–Kier alpha value is -13.1. The number of halogens is 1. The molecule has 15 atom stereocenters. The van der Waals surface area contributed by atoms with Crippen molar-refractivity contribution < 1.29 is 136 Å². The molecule has 9 unspecified atom stereocenters. The van der Waals surface area contributed by atoms with E-state index in [1.54, 1.807) is 84.8 Å². The third-order valence-corrected chi connectivity index (χ3v) is 20.7. The maximum absolute atomic E-state index is 15.2. The van der Waals surface area contributed by atoms with Crippen LogP contribution in [-0.4, -0.2) is 304 Å². The van der Waals surface area contributed by atoms with Crippen molar-refractivity contribution in [1.82, 2.24) is 71.6 Å². The number of aliphatic hydroxyl groups excluding tert-OH is 5. The topological polar surface area (TPSA) is 763 Å². The molecule has 50 nitrogen and oxygen atoms in total. The molecule has 2 fully saturated rings. The molecule has 2 aliphatic rings. The van der Waals surface area contributed by atoms with Crippen LogP contribution in [0.15, 0.2) is 57.9 Å². The Morgan fingerprint density at radius 2 is 1.02 bits per heavy atom. The second-order valence-corrected chi connectivity index (χ2v) is 34.6. The lowest BCUT2D eigenvalue weighted by Gasteiger charge is -2.27. The number of ketones is 2. The van der Waals surface area contributed by atoms with E-state index < -0.39 is 236 Å². The zero-order valence-electron chi connectivity index (χ0n) is 77.8. The van der Waals surface area contributed by atoms with E-state index in [2.05, 4.69) is 77.8 Å². The average molecular weight is 1930 g/mol. The van der Waals surface area contributed by atoms with E-state index in [9.17, 15) is 112 Å². The first-order valence-corrected chi connectivity index (χ1v) is 43.9. The molecule has 0 radical (unpaired) electrons. The number of rotatable bonds is 54. The third-order valence-electron chi connectivity index (χ3n) is 20.7. The number of carboxylic acids is 2. The van der Waals surface area contributed by atoms with Crippen LogP contribution in [0.1, 0.15) is 189 Å². The first kappa shape index (κ1) is 113. The molecule has 51 heteroatoms. The third kappa shape index (κ3) is 38.7. The summed E-state index contributed by atoms with van der Waals surface area (Å²) in [5.74, 6) is -16.4. The number of amides is 9. The molecule has 754 valence electrons. The van der Waals surface area contributed by atoms with Gasteiger partial charge in [0.05, 0.1) is 77.7 Å². The fourth-order valence-electron chi connectivity index (χ4n) is 14.1. The molecule has 0 bridgehead atoms. The van der Waals surface area contributed by atoms with Crippen molar-refractivity contribution in [2.24, 2.45) is 44.8 Å². The lowest BCUT2D eigenvalue weighted by molar-refractivity contribution is -0.158. The molecule has 4 aromatic rings. The number of imidazole rings is 1. The molecule has 2 saturated heterocycles. The van der Waals surface area contributed by atoms with Crippen LogP contribution < -0.4 is 86.1 Å². The first-order chi connectivity index (χ1) is 63.9. The lowest BCUT2D eigenvalue weighted by atomic mass is 9.98. The van der Waals surface area contributed by atoms with E-state index in [1.165, 1.54) is 38.2 Å². The van der Waals surface area contributed by atoms with Crippen molar-refractivity contribution in [3.05, 3.63) is 65.0 Å². The summed E-state index contributed by atoms with van der Waals surface area (Å²) in [5, 5.41) is 93.0. The number of nitrogens with one attached hydrogen (secondary N) is 9. The number of hydrogen-bond acceptors (Lipinski definition) is 33. The predicted molar refractivity (Wildman–Crippen MR) is 481 cm³/mol. The summed E-state index contributed by atoms with van der Waals surface area (Å²) in [4.78, 5) is 232. The van der Waals surface area contributed by atoms with Gasteiger partial charge in [0, 0.05) is 58.3 Å². The van der Waals surface area contributed by atoms with Crippen LogP contribution >= 0.6 is 0 Å². The number of anilines is 2. The summed E-state index contributed by atoms with van der Waals surface area (Å²) in [6.45, 7) is 10.2. The maximum atomic E-state index is 15.2. The second kappa shape index (κ2) is 55.0. The lowest BCUT2D eigenvalue weighted by Crippen LogP contribution is -2.58. The van der Waals surface area contributed by atoms with Gasteiger partial charge in [-0.05, 0) is 124 Å². The van der Waals surface area contributed by atoms with Gasteiger partial charge in [0.2, 0.25) is 53.2 Å². The number of aliphatic hydroxyl groups is 5. The number of esters is 2. The zero-order valence-corrected chi connectivity index (χ0v) is 77.8. The standard InChI is InChI=1S/C49H73N13O14.C36H56FN9O14/c1-27(64)12-9-8-10-14-31(57-35(65)22-33(47(72)73)58-36(66)23-53-43(69)29(13-11-19-52-48(50)51)21-37(67)76-49(2,3)4)44(70)59-32(20-28-15-17-30(74-7)18-16-28)45(71)60-38-34(24-63)75-46(40(38)68)62-26-56-39-41(61(5)6)54-25-55-42(39)62;1-18(48)9-6-5-7-11-21(31(55)44-29-20(37)16-46(35(58)45-29)32-28(53)27(52)23(17-47)59-32)42-24(49)14-22(33(56)57)43-25(50)15-41-30(54)19(10-8-12-40-34(38)39)13-26(51)60-36(2,3)4/h15-18,25-26,29,31-34,38,40,46,63,68H,8-14,19-24H2,1-7H3,(H,53,69)(H,57,65)(H,58,66)(H,59,70)(H,60,71)(H,72,73)(H4,50,51,52);16,19,21-23,27-28,32,47,52-53H,5-15,17H2,1-4H3,(H,41,54)(H,42,49)(H,43,50)(H,56,57)(H4,38,39,40)(H,44,45,55,58)/t29?,31?,32?,33?,34-,38?,40+,46-;19?,21?,22?,23-,27?,28+,32-/m11/s1. The number of hydrogen-bond donors (Lipinski definition) is 20. The minimum Gasteiger partial charge on any atom is -0.497 e. The fraction of sp³-hybridized carbons (Fsp3) is 0.624. The monoisotopic (exact) mass is 1920 g/mol. The number of fused-ring (bicyclic) bond motifs is 1. The van der Waals surface area contributed by atoms with Crippen molar-refractivity contribution >= 4 is 123 Å². The normalized spacial score (nSPS) is 18.3. The van der Waals surface area contributed by atoms with Gasteiger partial charge < -0.3 is 145 Å². The van der Waals surface area contributed by atoms with Crippen LogP contribution in [0.5, 0.6) is 5.75 Å². The van der Waals surface area contributed by atoms with E-state index in [-0.39, 0.29) is 107 Å². The van der Waals surface area contributed by atoms with E-state index in [0.29, 0.717) is 77.6 Å². The molecule has 0 spiro atoms. The molecule has 24 N–H and O–H groups in total. The van der Waals surface area contributed by atoms with Gasteiger partial charge in [0.25, 0.3) is 0 Å². The highest BCUT2D eigenvalue weighted by Gasteiger charge is 2.48. The Morgan fingerprint density at radius 3 is 1.46 bits per heavy atom. The smallest absolute Gasteiger partial charge is 0.351 e. The van der Waals surface area contributed by atoms with Gasteiger partial charge in [0.15, 0.2) is 53.0 Å². The molecule has 2 aliphatic heterocycles. The molecule has 1 aromatic carbocycles. The molecular weight excluding hydrogens is 1800 g/mol. The van der Waals surface area contributed by atoms with Crippen LogP contribution in [0.2, 0.25) is 0 Å². The minimum atomic E-state index is -1.87.